The lowest BCUT2D eigenvalue weighted by molar-refractivity contribution is -0.385. The number of para-hydroxylation sites is 2. The minimum atomic E-state index is -0.452. The smallest absolute Gasteiger partial charge is 0.273 e. The quantitative estimate of drug-likeness (QED) is 0.277. The van der Waals surface area contributed by atoms with Crippen molar-refractivity contribution < 1.29 is 14.5 Å². The molecule has 1 N–H and O–H groups in total. The van der Waals surface area contributed by atoms with Crippen LogP contribution in [0.5, 0.6) is 5.75 Å². The van der Waals surface area contributed by atoms with Gasteiger partial charge in [-0.05, 0) is 23.3 Å². The zero-order chi connectivity index (χ0) is 23.0. The Morgan fingerprint density at radius 3 is 2.42 bits per heavy atom. The second-order valence-corrected chi connectivity index (χ2v) is 7.65. The summed E-state index contributed by atoms with van der Waals surface area (Å²) in [6, 6.07) is 22.0. The van der Waals surface area contributed by atoms with Crippen LogP contribution in [0.4, 0.5) is 5.69 Å². The number of ether oxygens (including phenoxy) is 1. The highest BCUT2D eigenvalue weighted by atomic mass is 16.6. The number of nitro benzene ring substituents is 1. The molecule has 3 aromatic carbocycles. The summed E-state index contributed by atoms with van der Waals surface area (Å²) in [5, 5.41) is 11.1. The molecule has 0 fully saturated rings. The number of aromatic amines is 1. The van der Waals surface area contributed by atoms with Gasteiger partial charge >= 0.3 is 0 Å². The van der Waals surface area contributed by atoms with Crippen LogP contribution in [-0.4, -0.2) is 27.3 Å². The number of imidazole rings is 1. The number of hydrogen-bond acceptors (Lipinski definition) is 5. The molecule has 33 heavy (non-hydrogen) atoms. The van der Waals surface area contributed by atoms with E-state index in [2.05, 4.69) is 9.97 Å². The van der Waals surface area contributed by atoms with E-state index in [0.29, 0.717) is 12.2 Å². The third kappa shape index (κ3) is 5.71. The number of nitrogens with zero attached hydrogens (tertiary/aromatic N) is 2. The van der Waals surface area contributed by atoms with Gasteiger partial charge in [-0.1, -0.05) is 54.6 Å². The molecule has 0 spiro atoms. The molecule has 166 valence electrons. The largest absolute Gasteiger partial charge is 0.493 e. The van der Waals surface area contributed by atoms with Crippen molar-refractivity contribution in [2.24, 2.45) is 0 Å². The van der Waals surface area contributed by atoms with Crippen LogP contribution in [0.3, 0.4) is 0 Å². The molecule has 4 rings (SSSR count). The van der Waals surface area contributed by atoms with Crippen LogP contribution in [0.1, 0.15) is 16.7 Å². The standard InChI is InChI=1S/C26H23N3O4/c30-22(16-21-5-1-3-7-25(21)29(31)32)15-20-11-9-19(10-12-20)13-14-33-26-8-4-2-6-23(26)24-17-27-18-28-24/h1-12,17-18H,13-16H2,(H,27,28). The van der Waals surface area contributed by atoms with Gasteiger partial charge in [0.2, 0.25) is 0 Å². The van der Waals surface area contributed by atoms with Crippen LogP contribution in [0.15, 0.2) is 85.3 Å². The van der Waals surface area contributed by atoms with Crippen LogP contribution in [0.2, 0.25) is 0 Å². The number of nitrogens with one attached hydrogen (secondary N) is 1. The number of H-pyrrole nitrogens is 1. The Kier molecular flexibility index (Phi) is 6.90. The highest BCUT2D eigenvalue weighted by Gasteiger charge is 2.15. The minimum absolute atomic E-state index is 0.0182. The summed E-state index contributed by atoms with van der Waals surface area (Å²) in [6.07, 6.45) is 4.41. The molecule has 0 aliphatic carbocycles. The molecule has 0 amide bonds. The monoisotopic (exact) mass is 441 g/mol. The van der Waals surface area contributed by atoms with Crippen molar-refractivity contribution in [1.29, 1.82) is 0 Å². The maximum atomic E-state index is 12.5. The van der Waals surface area contributed by atoms with Crippen LogP contribution >= 0.6 is 0 Å². The SMILES string of the molecule is O=C(Cc1ccc(CCOc2ccccc2-c2cnc[nH]2)cc1)Cc1ccccc1[N+](=O)[O-]. The van der Waals surface area contributed by atoms with Gasteiger partial charge in [0.25, 0.3) is 5.69 Å². The number of hydrogen-bond donors (Lipinski definition) is 1. The van der Waals surface area contributed by atoms with Crippen molar-refractivity contribution in [3.8, 4) is 17.0 Å². The van der Waals surface area contributed by atoms with Crippen LogP contribution in [0, 0.1) is 10.1 Å². The lowest BCUT2D eigenvalue weighted by atomic mass is 10.0. The van der Waals surface area contributed by atoms with Crippen molar-refractivity contribution >= 4 is 11.5 Å². The fraction of sp³-hybridized carbons (Fsp3) is 0.154. The Balaban J connectivity index is 1.31. The number of rotatable bonds is 10. The number of carbonyl (C=O) groups excluding carboxylic acids is 1. The summed E-state index contributed by atoms with van der Waals surface area (Å²) in [6.45, 7) is 0.515. The summed E-state index contributed by atoms with van der Waals surface area (Å²) in [7, 11) is 0. The number of ketones is 1. The van der Waals surface area contributed by atoms with E-state index in [9.17, 15) is 14.9 Å². The molecule has 1 aromatic heterocycles. The fourth-order valence-electron chi connectivity index (χ4n) is 3.66. The maximum Gasteiger partial charge on any atom is 0.273 e. The van der Waals surface area contributed by atoms with Crippen LogP contribution < -0.4 is 4.74 Å². The Bertz CT molecular complexity index is 1230. The molecule has 4 aromatic rings. The lowest BCUT2D eigenvalue weighted by Crippen LogP contribution is -2.08. The molecule has 7 nitrogen and oxygen atoms in total. The topological polar surface area (TPSA) is 98.1 Å². The maximum absolute atomic E-state index is 12.5. The zero-order valence-corrected chi connectivity index (χ0v) is 17.9. The molecule has 0 aliphatic rings. The van der Waals surface area contributed by atoms with E-state index in [1.54, 1.807) is 30.7 Å². The highest BCUT2D eigenvalue weighted by molar-refractivity contribution is 5.84. The molecule has 0 radical (unpaired) electrons. The van der Waals surface area contributed by atoms with Crippen molar-refractivity contribution in [3.05, 3.63) is 112 Å². The van der Waals surface area contributed by atoms with E-state index in [4.69, 9.17) is 4.74 Å². The first kappa shape index (κ1) is 22.0. The first-order chi connectivity index (χ1) is 16.1. The van der Waals surface area contributed by atoms with Crippen molar-refractivity contribution in [2.45, 2.75) is 19.3 Å². The average molecular weight is 441 g/mol. The summed E-state index contributed by atoms with van der Waals surface area (Å²) in [5.41, 5.74) is 4.27. The zero-order valence-electron chi connectivity index (χ0n) is 17.9. The van der Waals surface area contributed by atoms with Crippen molar-refractivity contribution in [1.82, 2.24) is 9.97 Å². The van der Waals surface area contributed by atoms with Crippen molar-refractivity contribution in [3.63, 3.8) is 0 Å². The molecule has 0 bridgehead atoms. The van der Waals surface area contributed by atoms with Crippen molar-refractivity contribution in [2.75, 3.05) is 6.61 Å². The Morgan fingerprint density at radius 1 is 0.939 bits per heavy atom. The van der Waals surface area contributed by atoms with E-state index >= 15 is 0 Å². The summed E-state index contributed by atoms with van der Waals surface area (Å²) in [5.74, 6) is 0.731. The van der Waals surface area contributed by atoms with Crippen LogP contribution in [-0.2, 0) is 24.1 Å². The Labute approximate surface area is 191 Å². The van der Waals surface area contributed by atoms with Gasteiger partial charge in [-0.15, -0.1) is 0 Å². The van der Waals surface area contributed by atoms with Crippen LogP contribution in [0.25, 0.3) is 11.3 Å². The molecule has 1 heterocycles. The second kappa shape index (κ2) is 10.4. The second-order valence-electron chi connectivity index (χ2n) is 7.65. The van der Waals surface area contributed by atoms with E-state index in [-0.39, 0.29) is 24.3 Å². The van der Waals surface area contributed by atoms with Gasteiger partial charge < -0.3 is 9.72 Å². The average Bonchev–Trinajstić information content (AvgIpc) is 3.35. The third-order valence-electron chi connectivity index (χ3n) is 5.32. The van der Waals surface area contributed by atoms with Gasteiger partial charge in [-0.3, -0.25) is 14.9 Å². The predicted molar refractivity (Wildman–Crippen MR) is 125 cm³/mol. The van der Waals surface area contributed by atoms with Gasteiger partial charge in [-0.25, -0.2) is 4.98 Å². The predicted octanol–water partition coefficient (Wildman–Crippen LogP) is 4.96. The van der Waals surface area contributed by atoms with E-state index in [0.717, 1.165) is 34.6 Å². The number of Topliss-reactive ketones (excluding diaryl/α,β-unsaturated/α-hetero) is 1. The van der Waals surface area contributed by atoms with Gasteiger partial charge in [0, 0.05) is 36.5 Å². The van der Waals surface area contributed by atoms with Gasteiger partial charge in [0.1, 0.15) is 11.5 Å². The highest BCUT2D eigenvalue weighted by Crippen LogP contribution is 2.28. The molecular formula is C26H23N3O4. The number of carbonyl (C=O) groups is 1. The van der Waals surface area contributed by atoms with Gasteiger partial charge in [-0.2, -0.15) is 0 Å². The van der Waals surface area contributed by atoms with Gasteiger partial charge in [0.05, 0.1) is 29.7 Å². The summed E-state index contributed by atoms with van der Waals surface area (Å²) in [4.78, 5) is 30.3. The number of nitro groups is 1. The molecule has 0 aliphatic heterocycles. The van der Waals surface area contributed by atoms with Gasteiger partial charge in [0.15, 0.2) is 0 Å². The molecular weight excluding hydrogens is 418 g/mol. The fourth-order valence-corrected chi connectivity index (χ4v) is 3.66. The summed E-state index contributed by atoms with van der Waals surface area (Å²) >= 11 is 0. The molecule has 0 saturated carbocycles. The molecule has 7 heteroatoms. The first-order valence-corrected chi connectivity index (χ1v) is 10.6. The number of benzene rings is 3. The molecule has 0 unspecified atom stereocenters. The molecule has 0 saturated heterocycles. The Morgan fingerprint density at radius 2 is 1.67 bits per heavy atom. The Hall–Kier alpha value is -4.26. The normalized spacial score (nSPS) is 10.7. The van der Waals surface area contributed by atoms with E-state index < -0.39 is 4.92 Å². The van der Waals surface area contributed by atoms with E-state index in [1.165, 1.54) is 6.07 Å². The molecule has 0 atom stereocenters. The summed E-state index contributed by atoms with van der Waals surface area (Å²) < 4.78 is 6.00. The third-order valence-corrected chi connectivity index (χ3v) is 5.32. The lowest BCUT2D eigenvalue weighted by Gasteiger charge is -2.11. The number of aromatic nitrogens is 2. The minimum Gasteiger partial charge on any atom is -0.493 e. The first-order valence-electron chi connectivity index (χ1n) is 10.6. The van der Waals surface area contributed by atoms with E-state index in [1.807, 2.05) is 48.5 Å².